The fourth-order valence-electron chi connectivity index (χ4n) is 8.81. The zero-order valence-electron chi connectivity index (χ0n) is 50.0. The molecule has 0 aliphatic rings. The first-order chi connectivity index (χ1) is 41.1. The van der Waals surface area contributed by atoms with Crippen molar-refractivity contribution in [3.63, 3.8) is 0 Å². The minimum atomic E-state index is -1.00. The molecule has 0 bridgehead atoms. The van der Waals surface area contributed by atoms with Gasteiger partial charge in [-0.2, -0.15) is 0 Å². The molecule has 13 rings (SSSR count). The van der Waals surface area contributed by atoms with Crippen LogP contribution < -0.4 is 56.5 Å². The second-order valence-electron chi connectivity index (χ2n) is 20.0. The van der Waals surface area contributed by atoms with Crippen molar-refractivity contribution in [2.24, 2.45) is 0 Å². The summed E-state index contributed by atoms with van der Waals surface area (Å²) in [5.41, 5.74) is 6.89. The van der Waals surface area contributed by atoms with Crippen LogP contribution in [-0.2, 0) is 39.7 Å². The molecule has 6 nitrogen and oxygen atoms in total. The van der Waals surface area contributed by atoms with Gasteiger partial charge in [-0.3, -0.25) is 18.5 Å². The van der Waals surface area contributed by atoms with Gasteiger partial charge in [0.05, 0.1) is 43.7 Å². The minimum Gasteiger partial charge on any atom is -0.850 e. The molecule has 0 amide bonds. The van der Waals surface area contributed by atoms with E-state index >= 15 is 0 Å². The van der Waals surface area contributed by atoms with Gasteiger partial charge in [0.2, 0.25) is 0 Å². The van der Waals surface area contributed by atoms with Crippen molar-refractivity contribution in [3.05, 3.63) is 174 Å². The van der Waals surface area contributed by atoms with Gasteiger partial charge in [-0.25, -0.2) is 4.57 Å². The molecule has 0 saturated carbocycles. The zero-order valence-corrected chi connectivity index (χ0v) is 59.6. The molecule has 0 atom stereocenters. The molecular formula is C68H65FKO6PS8. The summed E-state index contributed by atoms with van der Waals surface area (Å²) in [6.45, 7) is 17.5. The fourth-order valence-corrected chi connectivity index (χ4v) is 18.6. The number of thiophene rings is 8. The summed E-state index contributed by atoms with van der Waals surface area (Å²) in [4.78, 5) is 26.1. The molecule has 0 N–H and O–H groups in total. The van der Waals surface area contributed by atoms with Crippen molar-refractivity contribution in [1.29, 1.82) is 0 Å². The molecule has 8 aromatic heterocycles. The largest absolute Gasteiger partial charge is 1.00 e. The molecule has 85 heavy (non-hydrogen) atoms. The number of aryl methyl sites for hydroxylation is 3. The SMILES string of the molecule is CC(C)(C)[O-].CCOCC.CCc1ccc(/C=C/c2cc3sc4cc5c(cc4c3s2)sc2cc(/C=C/c3ccc(CC)cc3)sc25)cc1.CCc1ccc(COP=O)cc1.O=Cc1cc2sc3cc4c(cc3c2s1)sc1cc(C=O)sc14.[2H]CF.[K+]. The normalized spacial score (nSPS) is 11.6. The maximum atomic E-state index is 11.0. The third-order valence-electron chi connectivity index (χ3n) is 12.9. The molecule has 13 aromatic rings. The number of carbonyl (C=O) groups is 2. The Kier molecular flexibility index (Phi) is 26.1. The summed E-state index contributed by atoms with van der Waals surface area (Å²) in [5, 5.41) is 15.4. The number of aldehydes is 2. The first-order valence-corrected chi connectivity index (χ1v) is 34.6. The van der Waals surface area contributed by atoms with Gasteiger partial charge in [0.25, 0.3) is 0 Å². The van der Waals surface area contributed by atoms with Gasteiger partial charge < -0.3 is 9.84 Å². The van der Waals surface area contributed by atoms with Crippen LogP contribution in [0, 0.1) is 0 Å². The van der Waals surface area contributed by atoms with Crippen LogP contribution in [-0.4, -0.2) is 38.5 Å². The van der Waals surface area contributed by atoms with Gasteiger partial charge in [0.1, 0.15) is 0 Å². The van der Waals surface area contributed by atoms with Crippen molar-refractivity contribution in [2.45, 2.75) is 86.9 Å². The van der Waals surface area contributed by atoms with Gasteiger partial charge in [0.15, 0.2) is 12.6 Å². The summed E-state index contributed by atoms with van der Waals surface area (Å²) >= 11 is 14.2. The third-order valence-corrected chi connectivity index (χ3v) is 22.5. The molecule has 0 fully saturated rings. The van der Waals surface area contributed by atoms with E-state index in [0.29, 0.717) is 6.61 Å². The smallest absolute Gasteiger partial charge is 0.850 e. The van der Waals surface area contributed by atoms with Crippen molar-refractivity contribution >= 4 is 214 Å². The Balaban J connectivity index is 0.000000185. The molecule has 5 aromatic carbocycles. The summed E-state index contributed by atoms with van der Waals surface area (Å²) < 4.78 is 50.7. The quantitative estimate of drug-likeness (QED) is 0.0612. The molecule has 0 aliphatic heterocycles. The van der Waals surface area contributed by atoms with Crippen LogP contribution in [0.2, 0.25) is 0 Å². The molecule has 0 saturated heterocycles. The van der Waals surface area contributed by atoms with Crippen LogP contribution in [0.5, 0.6) is 0 Å². The number of carbonyl (C=O) groups excluding carboxylic acids is 2. The second-order valence-corrected chi connectivity index (χ2v) is 29.0. The molecule has 0 radical (unpaired) electrons. The number of halogens is 1. The van der Waals surface area contributed by atoms with E-state index in [9.17, 15) is 23.7 Å². The van der Waals surface area contributed by atoms with E-state index in [1.807, 2.05) is 83.5 Å². The maximum Gasteiger partial charge on any atom is 1.00 e. The molecule has 0 aliphatic carbocycles. The van der Waals surface area contributed by atoms with E-state index in [2.05, 4.69) is 142 Å². The Morgan fingerprint density at radius 2 is 0.753 bits per heavy atom. The van der Waals surface area contributed by atoms with E-state index in [4.69, 9.17) is 10.6 Å². The van der Waals surface area contributed by atoms with Gasteiger partial charge >= 0.3 is 60.1 Å². The average molecular weight is 1320 g/mol. The summed E-state index contributed by atoms with van der Waals surface area (Å²) in [6, 6.07) is 43.8. The Morgan fingerprint density at radius 3 is 1.02 bits per heavy atom. The first-order valence-electron chi connectivity index (χ1n) is 28.1. The first kappa shape index (κ1) is 67.1. The van der Waals surface area contributed by atoms with Gasteiger partial charge in [-0.1, -0.05) is 126 Å². The number of benzene rings is 5. The maximum absolute atomic E-state index is 11.0. The van der Waals surface area contributed by atoms with Gasteiger partial charge in [-0.15, -0.1) is 96.3 Å². The van der Waals surface area contributed by atoms with E-state index in [1.54, 1.807) is 66.1 Å². The van der Waals surface area contributed by atoms with Crippen molar-refractivity contribution in [3.8, 4) is 0 Å². The number of hydrogen-bond acceptors (Lipinski definition) is 14. The van der Waals surface area contributed by atoms with Crippen molar-refractivity contribution in [1.82, 2.24) is 0 Å². The monoisotopic (exact) mass is 1320 g/mol. The fraction of sp³-hybridized carbons (Fsp3) is 0.235. The number of fused-ring (bicyclic) bond motifs is 12. The molecule has 17 heteroatoms. The Bertz CT molecular complexity index is 4130. The van der Waals surface area contributed by atoms with Crippen LogP contribution in [0.25, 0.3) is 102 Å². The van der Waals surface area contributed by atoms with Crippen LogP contribution in [0.4, 0.5) is 4.39 Å². The summed E-state index contributed by atoms with van der Waals surface area (Å²) in [6.07, 6.45) is 14.0. The van der Waals surface area contributed by atoms with Crippen molar-refractivity contribution < 1.29 is 85.7 Å². The molecule has 8 heterocycles. The Morgan fingerprint density at radius 1 is 0.471 bits per heavy atom. The van der Waals surface area contributed by atoms with Crippen LogP contribution in [0.1, 0.15) is 119 Å². The topological polar surface area (TPSA) is 92.7 Å². The van der Waals surface area contributed by atoms with E-state index in [-0.39, 0.29) is 60.1 Å². The summed E-state index contributed by atoms with van der Waals surface area (Å²) in [5.74, 6) is 0. The van der Waals surface area contributed by atoms with Gasteiger partial charge in [0, 0.05) is 82.1 Å². The third kappa shape index (κ3) is 18.2. The minimum absolute atomic E-state index is 0. The van der Waals surface area contributed by atoms with Crippen LogP contribution >= 0.6 is 99.4 Å². The Hall–Kier alpha value is -3.85. The van der Waals surface area contributed by atoms with Gasteiger partial charge in [-0.05, 0) is 127 Å². The predicted octanol–water partition coefficient (Wildman–Crippen LogP) is 19.9. The van der Waals surface area contributed by atoms with Crippen molar-refractivity contribution in [2.75, 3.05) is 20.4 Å². The molecule has 0 spiro atoms. The molecule has 434 valence electrons. The average Bonchev–Trinajstić information content (AvgIpc) is 1.68. The molecular weight excluding hydrogens is 1260 g/mol. The number of ether oxygens (including phenoxy) is 1. The zero-order chi connectivity index (χ0) is 60.6. The number of hydrogen-bond donors (Lipinski definition) is 0. The second kappa shape index (κ2) is 33.1. The van der Waals surface area contributed by atoms with Crippen LogP contribution in [0.3, 0.4) is 0 Å². The Labute approximate surface area is 574 Å². The van der Waals surface area contributed by atoms with E-state index in [1.165, 1.54) is 116 Å². The number of rotatable bonds is 14. The van der Waals surface area contributed by atoms with E-state index in [0.717, 1.165) is 60.4 Å². The molecule has 0 unspecified atom stereocenters. The van der Waals surface area contributed by atoms with Crippen LogP contribution in [0.15, 0.2) is 121 Å². The summed E-state index contributed by atoms with van der Waals surface area (Å²) in [7, 11) is -1.26. The standard InChI is InChI=1S/C34H26S4.C16H6O2S4.C9H11O2P.C4H9O.C4H10O.CH3F.K/c1-3-21-5-9-23(10-6-21)13-15-25-17-31-33(35-25)27-19-30-28(20-29(27)37-31)34-32(38-30)18-26(36-34)16-14-24-11-7-22(4-2)8-12-24;17-5-7-1-13-15(19-7)9-3-12-10(4-11(9)21-13)16-14(22-12)2-8(6-18)20-16;1-2-8-3-5-9(6-4-8)7-11-12-10;1-4(2,3)5;1-3-5-4-2;1-2;/h5-20H,3-4H2,1-2H3;1-6H;3-6H,2,7H2,1H3;1-3H3;3-4H2,1-2H3;1H3;/q;;;-1;;;+1/b15-13+,16-14+;;;;;;/i;;;;;1D;. The predicted molar refractivity (Wildman–Crippen MR) is 373 cm³/mol. The number of alkyl halides is 1. The van der Waals surface area contributed by atoms with E-state index < -0.39 is 12.8 Å².